The van der Waals surface area contributed by atoms with Crippen LogP contribution in [-0.2, 0) is 15.1 Å². The molecule has 1 fully saturated rings. The SMILES string of the molecule is CNC[C@@H](CC(=O)N1CCC[C@@H]([C@@](O)(CCCCOC)c2ccccc2Oc2ccccc2F)C1)CC(C)C. The van der Waals surface area contributed by atoms with Crippen LogP contribution in [0.3, 0.4) is 0 Å². The molecule has 1 saturated heterocycles. The van der Waals surface area contributed by atoms with Crippen molar-refractivity contribution in [3.8, 4) is 11.5 Å². The molecule has 6 nitrogen and oxygen atoms in total. The molecule has 0 radical (unpaired) electrons. The van der Waals surface area contributed by atoms with E-state index in [4.69, 9.17) is 9.47 Å². The number of aliphatic hydroxyl groups is 1. The maximum atomic E-state index is 14.5. The number of benzene rings is 2. The fraction of sp³-hybridized carbons (Fsp3) is 0.594. The molecule has 0 spiro atoms. The first-order valence-electron chi connectivity index (χ1n) is 14.4. The third-order valence-corrected chi connectivity index (χ3v) is 7.78. The Morgan fingerprint density at radius 1 is 1.15 bits per heavy atom. The number of nitrogens with one attached hydrogen (secondary N) is 1. The molecular formula is C32H47FN2O4. The maximum Gasteiger partial charge on any atom is 0.222 e. The molecule has 39 heavy (non-hydrogen) atoms. The van der Waals surface area contributed by atoms with Gasteiger partial charge in [-0.3, -0.25) is 4.79 Å². The van der Waals surface area contributed by atoms with Crippen molar-refractivity contribution >= 4 is 5.91 Å². The van der Waals surface area contributed by atoms with Crippen LogP contribution in [-0.4, -0.2) is 56.3 Å². The molecule has 1 aliphatic rings. The van der Waals surface area contributed by atoms with Crippen LogP contribution in [0.5, 0.6) is 11.5 Å². The second-order valence-electron chi connectivity index (χ2n) is 11.3. The number of piperidine rings is 1. The first-order chi connectivity index (χ1) is 18.8. The van der Waals surface area contributed by atoms with E-state index in [9.17, 15) is 14.3 Å². The highest BCUT2D eigenvalue weighted by Crippen LogP contribution is 2.44. The van der Waals surface area contributed by atoms with Gasteiger partial charge >= 0.3 is 0 Å². The lowest BCUT2D eigenvalue weighted by atomic mass is 9.73. The van der Waals surface area contributed by atoms with Gasteiger partial charge < -0.3 is 24.8 Å². The van der Waals surface area contributed by atoms with Gasteiger partial charge in [0.25, 0.3) is 0 Å². The molecule has 0 saturated carbocycles. The minimum atomic E-state index is -1.24. The lowest BCUT2D eigenvalue weighted by molar-refractivity contribution is -0.138. The fourth-order valence-corrected chi connectivity index (χ4v) is 5.92. The van der Waals surface area contributed by atoms with Crippen molar-refractivity contribution in [3.63, 3.8) is 0 Å². The normalized spacial score (nSPS) is 18.1. The summed E-state index contributed by atoms with van der Waals surface area (Å²) in [6, 6.07) is 13.7. The summed E-state index contributed by atoms with van der Waals surface area (Å²) in [6.45, 7) is 6.99. The van der Waals surface area contributed by atoms with Crippen molar-refractivity contribution in [1.82, 2.24) is 10.2 Å². The third kappa shape index (κ3) is 8.75. The number of methoxy groups -OCH3 is 1. The Hall–Kier alpha value is -2.48. The Bertz CT molecular complexity index is 1030. The molecule has 216 valence electrons. The number of rotatable bonds is 15. The standard InChI is InChI=1S/C32H47FN2O4/c1-24(2)20-25(22-34-3)21-31(36)35-18-11-12-26(23-35)32(37,17-9-10-19-38-4)27-13-5-7-15-29(27)39-30-16-8-6-14-28(30)33/h5-8,13-16,24-26,34,37H,9-12,17-23H2,1-4H3/t25-,26-,32+/m1/s1. The second kappa shape index (κ2) is 15.3. The van der Waals surface area contributed by atoms with Crippen LogP contribution >= 0.6 is 0 Å². The van der Waals surface area contributed by atoms with Crippen molar-refractivity contribution in [3.05, 3.63) is 59.9 Å². The highest BCUT2D eigenvalue weighted by molar-refractivity contribution is 5.76. The quantitative estimate of drug-likeness (QED) is 0.265. The van der Waals surface area contributed by atoms with Gasteiger partial charge in [0.15, 0.2) is 11.6 Å². The summed E-state index contributed by atoms with van der Waals surface area (Å²) in [7, 11) is 3.61. The summed E-state index contributed by atoms with van der Waals surface area (Å²) < 4.78 is 25.8. The van der Waals surface area contributed by atoms with Gasteiger partial charge in [0.2, 0.25) is 5.91 Å². The molecule has 7 heteroatoms. The molecule has 3 rings (SSSR count). The van der Waals surface area contributed by atoms with E-state index >= 15 is 0 Å². The molecule has 0 unspecified atom stereocenters. The zero-order valence-corrected chi connectivity index (χ0v) is 24.1. The topological polar surface area (TPSA) is 71.0 Å². The van der Waals surface area contributed by atoms with Crippen LogP contribution in [0.1, 0.15) is 64.4 Å². The number of amides is 1. The van der Waals surface area contributed by atoms with Crippen LogP contribution < -0.4 is 10.1 Å². The summed E-state index contributed by atoms with van der Waals surface area (Å²) in [5.74, 6) is 0.885. The predicted octanol–water partition coefficient (Wildman–Crippen LogP) is 6.13. The van der Waals surface area contributed by atoms with Gasteiger partial charge in [-0.05, 0) is 82.2 Å². The first kappa shape index (κ1) is 31.1. The van der Waals surface area contributed by atoms with Crippen LogP contribution in [0.25, 0.3) is 0 Å². The Kier molecular flexibility index (Phi) is 12.2. The monoisotopic (exact) mass is 542 g/mol. The average molecular weight is 543 g/mol. The predicted molar refractivity (Wildman–Crippen MR) is 153 cm³/mol. The lowest BCUT2D eigenvalue weighted by Gasteiger charge is -2.43. The molecular weight excluding hydrogens is 495 g/mol. The molecule has 0 aromatic heterocycles. The van der Waals surface area contributed by atoms with E-state index in [1.807, 2.05) is 30.1 Å². The van der Waals surface area contributed by atoms with E-state index in [-0.39, 0.29) is 23.5 Å². The number of likely N-dealkylation sites (tertiary alicyclic amines) is 1. The summed E-state index contributed by atoms with van der Waals surface area (Å²) in [5, 5.41) is 15.7. The van der Waals surface area contributed by atoms with Gasteiger partial charge in [-0.2, -0.15) is 0 Å². The van der Waals surface area contributed by atoms with E-state index in [2.05, 4.69) is 19.2 Å². The molecule has 0 aliphatic carbocycles. The van der Waals surface area contributed by atoms with Crippen LogP contribution in [0.15, 0.2) is 48.5 Å². The number of nitrogens with zero attached hydrogens (tertiary/aromatic N) is 1. The number of para-hydroxylation sites is 2. The number of unbranched alkanes of at least 4 members (excludes halogenated alkanes) is 1. The highest BCUT2D eigenvalue weighted by atomic mass is 19.1. The smallest absolute Gasteiger partial charge is 0.222 e. The van der Waals surface area contributed by atoms with Gasteiger partial charge in [-0.15, -0.1) is 0 Å². The van der Waals surface area contributed by atoms with E-state index in [0.29, 0.717) is 49.8 Å². The Morgan fingerprint density at radius 2 is 1.87 bits per heavy atom. The molecule has 1 amide bonds. The van der Waals surface area contributed by atoms with Crippen molar-refractivity contribution in [2.45, 2.75) is 64.4 Å². The van der Waals surface area contributed by atoms with Crippen molar-refractivity contribution in [1.29, 1.82) is 0 Å². The molecule has 2 aromatic rings. The van der Waals surface area contributed by atoms with Crippen molar-refractivity contribution < 1.29 is 23.8 Å². The number of carbonyl (C=O) groups is 1. The minimum absolute atomic E-state index is 0.118. The summed E-state index contributed by atoms with van der Waals surface area (Å²) in [4.78, 5) is 15.4. The first-order valence-corrected chi connectivity index (χ1v) is 14.4. The summed E-state index contributed by atoms with van der Waals surface area (Å²) in [6.07, 6.45) is 5.18. The number of ether oxygens (including phenoxy) is 2. The van der Waals surface area contributed by atoms with Gasteiger partial charge in [0, 0.05) is 44.7 Å². The second-order valence-corrected chi connectivity index (χ2v) is 11.3. The van der Waals surface area contributed by atoms with E-state index in [1.54, 1.807) is 31.4 Å². The van der Waals surface area contributed by atoms with Crippen molar-refractivity contribution in [2.75, 3.05) is 40.4 Å². The number of halogens is 1. The van der Waals surface area contributed by atoms with Crippen LogP contribution in [0.2, 0.25) is 0 Å². The van der Waals surface area contributed by atoms with Gasteiger partial charge in [-0.25, -0.2) is 4.39 Å². The maximum absolute atomic E-state index is 14.5. The molecule has 1 aliphatic heterocycles. The summed E-state index contributed by atoms with van der Waals surface area (Å²) >= 11 is 0. The number of hydrogen-bond donors (Lipinski definition) is 2. The molecule has 2 aromatic carbocycles. The molecule has 0 bridgehead atoms. The third-order valence-electron chi connectivity index (χ3n) is 7.78. The number of hydrogen-bond acceptors (Lipinski definition) is 5. The summed E-state index contributed by atoms with van der Waals surface area (Å²) in [5.41, 5.74) is -0.602. The number of carbonyl (C=O) groups excluding carboxylic acids is 1. The lowest BCUT2D eigenvalue weighted by Crippen LogP contribution is -2.48. The Labute approximate surface area is 233 Å². The van der Waals surface area contributed by atoms with Crippen molar-refractivity contribution in [2.24, 2.45) is 17.8 Å². The van der Waals surface area contributed by atoms with E-state index in [0.717, 1.165) is 38.6 Å². The fourth-order valence-electron chi connectivity index (χ4n) is 5.92. The highest BCUT2D eigenvalue weighted by Gasteiger charge is 2.43. The van der Waals surface area contributed by atoms with E-state index < -0.39 is 11.4 Å². The largest absolute Gasteiger partial charge is 0.454 e. The molecule has 1 heterocycles. The van der Waals surface area contributed by atoms with E-state index in [1.165, 1.54) is 6.07 Å². The average Bonchev–Trinajstić information content (AvgIpc) is 2.92. The zero-order valence-electron chi connectivity index (χ0n) is 24.1. The van der Waals surface area contributed by atoms with Crippen LogP contribution in [0.4, 0.5) is 4.39 Å². The van der Waals surface area contributed by atoms with Gasteiger partial charge in [0.05, 0.1) is 5.60 Å². The van der Waals surface area contributed by atoms with Gasteiger partial charge in [0.1, 0.15) is 5.75 Å². The Morgan fingerprint density at radius 3 is 2.56 bits per heavy atom. The van der Waals surface area contributed by atoms with Crippen LogP contribution in [0, 0.1) is 23.6 Å². The molecule has 2 N–H and O–H groups in total. The Balaban J connectivity index is 1.87. The molecule has 3 atom stereocenters. The zero-order chi connectivity index (χ0) is 28.3. The minimum Gasteiger partial charge on any atom is -0.454 e. The van der Waals surface area contributed by atoms with Gasteiger partial charge in [-0.1, -0.05) is 44.2 Å².